The molecule has 6 aliphatic rings. The molecule has 0 aromatic heterocycles. The van der Waals surface area contributed by atoms with Crippen LogP contribution in [0.1, 0.15) is 83.7 Å². The summed E-state index contributed by atoms with van der Waals surface area (Å²) in [5.74, 6) is 1.98. The van der Waals surface area contributed by atoms with E-state index in [4.69, 9.17) is 4.74 Å². The van der Waals surface area contributed by atoms with Crippen LogP contribution in [0.3, 0.4) is 0 Å². The average Bonchev–Trinajstić information content (AvgIpc) is 3.68. The Morgan fingerprint density at radius 2 is 1.08 bits per heavy atom. The van der Waals surface area contributed by atoms with Crippen LogP contribution in [-0.4, -0.2) is 74.2 Å². The first-order valence-electron chi connectivity index (χ1n) is 20.5. The largest absolute Gasteiger partial charge is 0.457 e. The maximum atomic E-state index is 15.0. The SMILES string of the molecule is Fc1ccc(Oc2ccc(F)c(CCCN3CC[C@H]4[C@@H](C3)c3cccc5c3N4CCC5)c2)cc1CCCN1CC[C@H]2[C@@H](C1)c1cccc3c1N2CCC3. The molecule has 2 fully saturated rings. The maximum absolute atomic E-state index is 15.0. The molecule has 5 nitrogen and oxygen atoms in total. The molecule has 6 heterocycles. The first-order chi connectivity index (χ1) is 26.1. The van der Waals surface area contributed by atoms with Crippen molar-refractivity contribution in [2.24, 2.45) is 0 Å². The Hall–Kier alpha value is -3.94. The van der Waals surface area contributed by atoms with Crippen LogP contribution in [0.15, 0.2) is 72.8 Å². The second kappa shape index (κ2) is 14.0. The van der Waals surface area contributed by atoms with Gasteiger partial charge in [-0.2, -0.15) is 0 Å². The van der Waals surface area contributed by atoms with E-state index >= 15 is 8.78 Å². The van der Waals surface area contributed by atoms with Gasteiger partial charge in [0.05, 0.1) is 0 Å². The molecule has 0 aliphatic carbocycles. The van der Waals surface area contributed by atoms with Crippen LogP contribution in [-0.2, 0) is 25.7 Å². The third-order valence-corrected chi connectivity index (χ3v) is 13.6. The number of hydrogen-bond donors (Lipinski definition) is 0. The van der Waals surface area contributed by atoms with Crippen molar-refractivity contribution in [1.29, 1.82) is 0 Å². The number of benzene rings is 4. The number of halogens is 2. The number of fused-ring (bicyclic) bond motifs is 6. The predicted molar refractivity (Wildman–Crippen MR) is 209 cm³/mol. The molecule has 0 unspecified atom stereocenters. The van der Waals surface area contributed by atoms with E-state index in [0.29, 0.717) is 59.4 Å². The fourth-order valence-electron chi connectivity index (χ4n) is 11.2. The minimum Gasteiger partial charge on any atom is -0.457 e. The van der Waals surface area contributed by atoms with E-state index in [9.17, 15) is 0 Å². The minimum absolute atomic E-state index is 0.187. The van der Waals surface area contributed by atoms with Gasteiger partial charge in [-0.15, -0.1) is 0 Å². The molecule has 4 atom stereocenters. The van der Waals surface area contributed by atoms with Crippen molar-refractivity contribution >= 4 is 11.4 Å². The normalized spacial score (nSPS) is 24.5. The molecule has 10 rings (SSSR count). The molecule has 0 spiro atoms. The zero-order chi connectivity index (χ0) is 35.5. The molecule has 7 heteroatoms. The van der Waals surface area contributed by atoms with Crippen LogP contribution in [0, 0.1) is 11.6 Å². The zero-order valence-electron chi connectivity index (χ0n) is 30.9. The molecule has 0 N–H and O–H groups in total. The number of para-hydroxylation sites is 2. The van der Waals surface area contributed by atoms with Gasteiger partial charge in [0.1, 0.15) is 23.1 Å². The van der Waals surface area contributed by atoms with E-state index in [0.717, 1.165) is 52.1 Å². The second-order valence-electron chi connectivity index (χ2n) is 16.6. The predicted octanol–water partition coefficient (Wildman–Crippen LogP) is 8.87. The smallest absolute Gasteiger partial charge is 0.127 e. The fourth-order valence-corrected chi connectivity index (χ4v) is 11.2. The molecule has 53 heavy (non-hydrogen) atoms. The number of rotatable bonds is 10. The summed E-state index contributed by atoms with van der Waals surface area (Å²) in [5.41, 5.74) is 10.6. The lowest BCUT2D eigenvalue weighted by Crippen LogP contribution is -2.47. The van der Waals surface area contributed by atoms with Crippen molar-refractivity contribution in [3.05, 3.63) is 118 Å². The van der Waals surface area contributed by atoms with Gasteiger partial charge in [-0.25, -0.2) is 8.78 Å². The first kappa shape index (κ1) is 33.6. The third kappa shape index (κ3) is 6.22. The molecule has 6 aliphatic heterocycles. The van der Waals surface area contributed by atoms with E-state index in [1.807, 2.05) is 12.1 Å². The third-order valence-electron chi connectivity index (χ3n) is 13.6. The van der Waals surface area contributed by atoms with Crippen LogP contribution < -0.4 is 14.5 Å². The van der Waals surface area contributed by atoms with Crippen LogP contribution in [0.5, 0.6) is 11.5 Å². The Labute approximate surface area is 313 Å². The number of piperidine rings is 2. The molecule has 4 aromatic rings. The molecular weight excluding hydrogens is 663 g/mol. The average molecular weight is 715 g/mol. The lowest BCUT2D eigenvalue weighted by Gasteiger charge is -2.40. The number of likely N-dealkylation sites (tertiary alicyclic amines) is 2. The van der Waals surface area contributed by atoms with Gasteiger partial charge in [0.25, 0.3) is 0 Å². The molecule has 0 radical (unpaired) electrons. The monoisotopic (exact) mass is 714 g/mol. The summed E-state index contributed by atoms with van der Waals surface area (Å²) in [6.07, 6.45) is 10.5. The van der Waals surface area contributed by atoms with Crippen LogP contribution in [0.2, 0.25) is 0 Å². The van der Waals surface area contributed by atoms with Gasteiger partial charge in [-0.3, -0.25) is 0 Å². The summed E-state index contributed by atoms with van der Waals surface area (Å²) in [6.45, 7) is 8.70. The summed E-state index contributed by atoms with van der Waals surface area (Å²) in [4.78, 5) is 10.6. The molecule has 276 valence electrons. The van der Waals surface area contributed by atoms with E-state index in [-0.39, 0.29) is 11.6 Å². The first-order valence-corrected chi connectivity index (χ1v) is 20.5. The Bertz CT molecular complexity index is 1860. The van der Waals surface area contributed by atoms with E-state index in [2.05, 4.69) is 56.0 Å². The van der Waals surface area contributed by atoms with Gasteiger partial charge in [0, 0.05) is 74.6 Å². The zero-order valence-corrected chi connectivity index (χ0v) is 30.9. The maximum Gasteiger partial charge on any atom is 0.127 e. The highest BCUT2D eigenvalue weighted by molar-refractivity contribution is 5.69. The van der Waals surface area contributed by atoms with Gasteiger partial charge < -0.3 is 24.3 Å². The quantitative estimate of drug-likeness (QED) is 0.163. The number of hydrogen-bond acceptors (Lipinski definition) is 5. The number of nitrogens with zero attached hydrogens (tertiary/aromatic N) is 4. The molecule has 0 saturated carbocycles. The molecule has 2 saturated heterocycles. The van der Waals surface area contributed by atoms with Crippen molar-refractivity contribution in [2.45, 2.75) is 88.1 Å². The van der Waals surface area contributed by atoms with Gasteiger partial charge in [0.15, 0.2) is 0 Å². The van der Waals surface area contributed by atoms with E-state index in [1.54, 1.807) is 23.3 Å². The standard InChI is InChI=1S/C46H52F2N4O/c47-41-17-15-35(27-33(41)11-3-21-49-25-19-43-39(29-49)37-13-1-7-31-9-5-23-51(43)45(31)37)53-36-16-18-42(48)34(28-36)12-4-22-50-26-20-44-40(30-50)38-14-2-8-32-10-6-24-52(44)46(32)38/h1-2,7-8,13-18,27-28,39-40,43-44H,3-6,9-12,19-26,29-30H2/t39-,40-,43-,44-/m0/s1. The van der Waals surface area contributed by atoms with Crippen molar-refractivity contribution in [2.75, 3.05) is 62.2 Å². The van der Waals surface area contributed by atoms with E-state index in [1.165, 1.54) is 86.2 Å². The van der Waals surface area contributed by atoms with Crippen molar-refractivity contribution < 1.29 is 13.5 Å². The fraction of sp³-hybridized carbons (Fsp3) is 0.478. The topological polar surface area (TPSA) is 22.2 Å². The van der Waals surface area contributed by atoms with Gasteiger partial charge in [-0.05, 0) is 147 Å². The van der Waals surface area contributed by atoms with Crippen molar-refractivity contribution in [1.82, 2.24) is 9.80 Å². The summed E-state index contributed by atoms with van der Waals surface area (Å²) in [7, 11) is 0. The summed E-state index contributed by atoms with van der Waals surface area (Å²) in [5, 5.41) is 0. The summed E-state index contributed by atoms with van der Waals surface area (Å²) in [6, 6.07) is 25.2. The highest BCUT2D eigenvalue weighted by Gasteiger charge is 2.44. The van der Waals surface area contributed by atoms with Gasteiger partial charge >= 0.3 is 0 Å². The van der Waals surface area contributed by atoms with Gasteiger partial charge in [-0.1, -0.05) is 36.4 Å². The summed E-state index contributed by atoms with van der Waals surface area (Å²) < 4.78 is 36.3. The van der Waals surface area contributed by atoms with Crippen molar-refractivity contribution in [3.63, 3.8) is 0 Å². The van der Waals surface area contributed by atoms with Crippen LogP contribution >= 0.6 is 0 Å². The Morgan fingerprint density at radius 3 is 1.57 bits per heavy atom. The molecular formula is C46H52F2N4O. The molecule has 0 bridgehead atoms. The van der Waals surface area contributed by atoms with Crippen LogP contribution in [0.25, 0.3) is 0 Å². The number of anilines is 2. The van der Waals surface area contributed by atoms with Crippen molar-refractivity contribution in [3.8, 4) is 11.5 Å². The molecule has 4 aromatic carbocycles. The Kier molecular flexibility index (Phi) is 8.91. The highest BCUT2D eigenvalue weighted by Crippen LogP contribution is 2.49. The highest BCUT2D eigenvalue weighted by atomic mass is 19.1. The van der Waals surface area contributed by atoms with Gasteiger partial charge in [0.2, 0.25) is 0 Å². The Balaban J connectivity index is 0.728. The second-order valence-corrected chi connectivity index (χ2v) is 16.6. The minimum atomic E-state index is -0.187. The summed E-state index contributed by atoms with van der Waals surface area (Å²) >= 11 is 0. The lowest BCUT2D eigenvalue weighted by molar-refractivity contribution is 0.191. The number of aryl methyl sites for hydroxylation is 4. The van der Waals surface area contributed by atoms with Crippen LogP contribution in [0.4, 0.5) is 20.2 Å². The Morgan fingerprint density at radius 1 is 0.585 bits per heavy atom. The molecule has 0 amide bonds. The number of ether oxygens (including phenoxy) is 1. The lowest BCUT2D eigenvalue weighted by atomic mass is 9.88. The van der Waals surface area contributed by atoms with E-state index < -0.39 is 0 Å².